The van der Waals surface area contributed by atoms with E-state index in [4.69, 9.17) is 5.11 Å². The number of fused-ring (bicyclic) bond motifs is 1. The van der Waals surface area contributed by atoms with Gasteiger partial charge in [-0.1, -0.05) is 30.4 Å². The number of carboxylic acids is 1. The summed E-state index contributed by atoms with van der Waals surface area (Å²) in [7, 11) is 0. The third kappa shape index (κ3) is 4.74. The molecule has 0 fully saturated rings. The van der Waals surface area contributed by atoms with E-state index in [9.17, 15) is 4.79 Å². The van der Waals surface area contributed by atoms with Crippen LogP contribution in [0.4, 0.5) is 0 Å². The number of nitrogens with one attached hydrogen (secondary N) is 1. The highest BCUT2D eigenvalue weighted by Gasteiger charge is 1.90. The van der Waals surface area contributed by atoms with Crippen molar-refractivity contribution < 1.29 is 9.90 Å². The van der Waals surface area contributed by atoms with E-state index in [2.05, 4.69) is 15.4 Å². The van der Waals surface area contributed by atoms with Crippen molar-refractivity contribution in [3.8, 4) is 0 Å². The van der Waals surface area contributed by atoms with Crippen molar-refractivity contribution in [1.29, 1.82) is 0 Å². The van der Waals surface area contributed by atoms with E-state index in [0.717, 1.165) is 17.1 Å². The Morgan fingerprint density at radius 1 is 1.24 bits per heavy atom. The van der Waals surface area contributed by atoms with Gasteiger partial charge in [-0.25, -0.2) is 4.79 Å². The van der Waals surface area contributed by atoms with E-state index in [1.165, 1.54) is 6.08 Å². The number of hydrogen-bond donors (Lipinski definition) is 2. The van der Waals surface area contributed by atoms with E-state index in [1.807, 2.05) is 31.2 Å². The summed E-state index contributed by atoms with van der Waals surface area (Å²) in [6.07, 6.45) is 5.98. The summed E-state index contributed by atoms with van der Waals surface area (Å²) < 4.78 is 0. The Bertz CT molecular complexity index is 499. The SMILES string of the molecule is C/C=C/C=C/C(=O)O.c1ccc2n[nH]nc2c1. The number of aromatic amines is 1. The third-order valence-corrected chi connectivity index (χ3v) is 1.76. The molecule has 2 N–H and O–H groups in total. The first-order valence-corrected chi connectivity index (χ1v) is 5.02. The minimum atomic E-state index is -0.914. The van der Waals surface area contributed by atoms with Gasteiger partial charge in [-0.3, -0.25) is 0 Å². The number of allylic oxidation sites excluding steroid dienone is 3. The maximum Gasteiger partial charge on any atom is 0.328 e. The Morgan fingerprint density at radius 2 is 1.82 bits per heavy atom. The molecule has 0 radical (unpaired) electrons. The van der Waals surface area contributed by atoms with E-state index >= 15 is 0 Å². The minimum Gasteiger partial charge on any atom is -0.478 e. The van der Waals surface area contributed by atoms with Gasteiger partial charge in [0, 0.05) is 6.08 Å². The topological polar surface area (TPSA) is 78.9 Å². The van der Waals surface area contributed by atoms with Crippen LogP contribution >= 0.6 is 0 Å². The van der Waals surface area contributed by atoms with E-state index < -0.39 is 5.97 Å². The summed E-state index contributed by atoms with van der Waals surface area (Å²) in [5.74, 6) is -0.914. The highest BCUT2D eigenvalue weighted by molar-refractivity contribution is 5.80. The molecule has 1 heterocycles. The standard InChI is InChI=1S/C6H5N3.C6H8O2/c1-2-4-6-5(3-1)7-9-8-6;1-2-3-4-5-6(7)8/h1-4H,(H,7,8,9);2-5H,1H3,(H,7,8)/b;3-2+,5-4+. The summed E-state index contributed by atoms with van der Waals surface area (Å²) in [5, 5.41) is 18.3. The largest absolute Gasteiger partial charge is 0.478 e. The Kier molecular flexibility index (Phi) is 5.16. The van der Waals surface area contributed by atoms with Gasteiger partial charge < -0.3 is 5.11 Å². The Morgan fingerprint density at radius 3 is 2.29 bits per heavy atom. The summed E-state index contributed by atoms with van der Waals surface area (Å²) in [6, 6.07) is 7.70. The molecule has 0 saturated carbocycles. The van der Waals surface area contributed by atoms with Gasteiger partial charge in [0.2, 0.25) is 0 Å². The molecule has 5 nitrogen and oxygen atoms in total. The number of H-pyrrole nitrogens is 1. The highest BCUT2D eigenvalue weighted by Crippen LogP contribution is 2.03. The molecule has 1 aromatic carbocycles. The van der Waals surface area contributed by atoms with Crippen LogP contribution in [0.5, 0.6) is 0 Å². The van der Waals surface area contributed by atoms with Crippen LogP contribution in [0.3, 0.4) is 0 Å². The molecule has 0 aliphatic carbocycles. The first-order chi connectivity index (χ1) is 8.24. The normalized spacial score (nSPS) is 10.6. The van der Waals surface area contributed by atoms with Crippen LogP contribution < -0.4 is 0 Å². The number of carbonyl (C=O) groups is 1. The van der Waals surface area contributed by atoms with Crippen LogP contribution in [0, 0.1) is 0 Å². The third-order valence-electron chi connectivity index (χ3n) is 1.76. The fourth-order valence-corrected chi connectivity index (χ4v) is 1.03. The van der Waals surface area contributed by atoms with Crippen LogP contribution in [0.25, 0.3) is 11.0 Å². The second-order valence-corrected chi connectivity index (χ2v) is 3.04. The average molecular weight is 231 g/mol. The van der Waals surface area contributed by atoms with E-state index in [0.29, 0.717) is 0 Å². The maximum atomic E-state index is 9.75. The first kappa shape index (κ1) is 12.6. The van der Waals surface area contributed by atoms with Crippen molar-refractivity contribution in [1.82, 2.24) is 15.4 Å². The van der Waals surface area contributed by atoms with Crippen molar-refractivity contribution in [2.24, 2.45) is 0 Å². The molecule has 0 spiro atoms. The molecular weight excluding hydrogens is 218 g/mol. The number of carboxylic acid groups (broad SMARTS) is 1. The maximum absolute atomic E-state index is 9.75. The molecule has 0 unspecified atom stereocenters. The molecule has 0 atom stereocenters. The van der Waals surface area contributed by atoms with Crippen LogP contribution in [-0.2, 0) is 4.79 Å². The minimum absolute atomic E-state index is 0.914. The van der Waals surface area contributed by atoms with E-state index in [-0.39, 0.29) is 0 Å². The number of aliphatic carboxylic acids is 1. The molecule has 5 heteroatoms. The van der Waals surface area contributed by atoms with E-state index in [1.54, 1.807) is 12.2 Å². The summed E-state index contributed by atoms with van der Waals surface area (Å²) in [5.41, 5.74) is 1.83. The zero-order valence-electron chi connectivity index (χ0n) is 9.37. The predicted octanol–water partition coefficient (Wildman–Crippen LogP) is 2.16. The number of hydrogen-bond acceptors (Lipinski definition) is 3. The lowest BCUT2D eigenvalue weighted by Crippen LogP contribution is -1.83. The molecule has 2 rings (SSSR count). The summed E-state index contributed by atoms with van der Waals surface area (Å²) >= 11 is 0. The Labute approximate surface area is 98.5 Å². The van der Waals surface area contributed by atoms with Gasteiger partial charge in [0.1, 0.15) is 11.0 Å². The van der Waals surface area contributed by atoms with Crippen LogP contribution in [0.1, 0.15) is 6.92 Å². The van der Waals surface area contributed by atoms with Gasteiger partial charge in [0.15, 0.2) is 0 Å². The van der Waals surface area contributed by atoms with Crippen molar-refractivity contribution in [2.75, 3.05) is 0 Å². The van der Waals surface area contributed by atoms with Crippen LogP contribution in [0.2, 0.25) is 0 Å². The van der Waals surface area contributed by atoms with Gasteiger partial charge >= 0.3 is 5.97 Å². The average Bonchev–Trinajstić information content (AvgIpc) is 2.78. The van der Waals surface area contributed by atoms with Crippen LogP contribution in [-0.4, -0.2) is 26.5 Å². The monoisotopic (exact) mass is 231 g/mol. The summed E-state index contributed by atoms with van der Waals surface area (Å²) in [6.45, 7) is 1.83. The summed E-state index contributed by atoms with van der Waals surface area (Å²) in [4.78, 5) is 9.75. The molecule has 17 heavy (non-hydrogen) atoms. The molecule has 0 aliphatic rings. The van der Waals surface area contributed by atoms with Crippen molar-refractivity contribution in [3.05, 3.63) is 48.6 Å². The van der Waals surface area contributed by atoms with Gasteiger partial charge in [-0.2, -0.15) is 15.4 Å². The quantitative estimate of drug-likeness (QED) is 0.613. The van der Waals surface area contributed by atoms with Gasteiger partial charge in [0.25, 0.3) is 0 Å². The molecule has 0 aliphatic heterocycles. The lowest BCUT2D eigenvalue weighted by molar-refractivity contribution is -0.131. The molecule has 0 bridgehead atoms. The Hall–Kier alpha value is -2.43. The van der Waals surface area contributed by atoms with Crippen LogP contribution in [0.15, 0.2) is 48.6 Å². The number of aromatic nitrogens is 3. The van der Waals surface area contributed by atoms with Crippen molar-refractivity contribution in [2.45, 2.75) is 6.92 Å². The predicted molar refractivity (Wildman–Crippen MR) is 65.5 cm³/mol. The number of para-hydroxylation sites is 2. The van der Waals surface area contributed by atoms with Gasteiger partial charge in [-0.05, 0) is 19.1 Å². The molecule has 0 amide bonds. The van der Waals surface area contributed by atoms with Crippen molar-refractivity contribution >= 4 is 17.0 Å². The molecule has 0 saturated heterocycles. The van der Waals surface area contributed by atoms with Gasteiger partial charge in [-0.15, -0.1) is 0 Å². The fourth-order valence-electron chi connectivity index (χ4n) is 1.03. The Balaban J connectivity index is 0.000000172. The second kappa shape index (κ2) is 6.95. The van der Waals surface area contributed by atoms with Crippen molar-refractivity contribution in [3.63, 3.8) is 0 Å². The smallest absolute Gasteiger partial charge is 0.328 e. The van der Waals surface area contributed by atoms with Gasteiger partial charge in [0.05, 0.1) is 0 Å². The number of nitrogens with zero attached hydrogens (tertiary/aromatic N) is 2. The molecular formula is C12H13N3O2. The number of rotatable bonds is 2. The molecule has 2 aromatic rings. The molecule has 1 aromatic heterocycles. The lowest BCUT2D eigenvalue weighted by Gasteiger charge is -1.78. The zero-order chi connectivity index (χ0) is 12.5. The zero-order valence-corrected chi connectivity index (χ0v) is 9.37. The highest BCUT2D eigenvalue weighted by atomic mass is 16.4. The molecule has 88 valence electrons. The fraction of sp³-hybridized carbons (Fsp3) is 0.0833. The first-order valence-electron chi connectivity index (χ1n) is 5.02. The lowest BCUT2D eigenvalue weighted by atomic mass is 10.3. The second-order valence-electron chi connectivity index (χ2n) is 3.04. The number of benzene rings is 1.